The lowest BCUT2D eigenvalue weighted by atomic mass is 9.83. The van der Waals surface area contributed by atoms with Gasteiger partial charge in [-0.25, -0.2) is 0 Å². The SMILES string of the molecule is COc1ccc2c(c1)N1CCN(c3ccccc3OC)C[C@@H]1[C@@H](C(=O)NC1CC1)C2. The summed E-state index contributed by atoms with van der Waals surface area (Å²) in [5.41, 5.74) is 3.53. The predicted molar refractivity (Wildman–Crippen MR) is 118 cm³/mol. The molecule has 5 rings (SSSR count). The molecule has 30 heavy (non-hydrogen) atoms. The standard InChI is InChI=1S/C24H29N3O3/c1-29-18-10-7-16-13-19(24(28)25-17-8-9-17)22-15-26(11-12-27(22)21(16)14-18)20-5-3-4-6-23(20)30-2/h3-7,10,14,17,19,22H,8-9,11-13,15H2,1-2H3,(H,25,28)/t19-,22+/m0/s1. The maximum Gasteiger partial charge on any atom is 0.225 e. The first-order valence-electron chi connectivity index (χ1n) is 10.8. The second-order valence-electron chi connectivity index (χ2n) is 8.47. The third kappa shape index (κ3) is 3.44. The number of ether oxygens (including phenoxy) is 2. The number of benzene rings is 2. The van der Waals surface area contributed by atoms with Crippen LogP contribution in [0.5, 0.6) is 11.5 Å². The Morgan fingerprint density at radius 3 is 2.63 bits per heavy atom. The largest absolute Gasteiger partial charge is 0.497 e. The quantitative estimate of drug-likeness (QED) is 0.826. The third-order valence-corrected chi connectivity index (χ3v) is 6.61. The number of carbonyl (C=O) groups is 1. The van der Waals surface area contributed by atoms with Crippen molar-refractivity contribution in [1.82, 2.24) is 5.32 Å². The second-order valence-corrected chi connectivity index (χ2v) is 8.47. The number of piperazine rings is 1. The lowest BCUT2D eigenvalue weighted by Crippen LogP contribution is -2.61. The highest BCUT2D eigenvalue weighted by atomic mass is 16.5. The van der Waals surface area contributed by atoms with Crippen LogP contribution < -0.4 is 24.6 Å². The first-order chi connectivity index (χ1) is 14.7. The number of anilines is 2. The van der Waals surface area contributed by atoms with Gasteiger partial charge in [-0.3, -0.25) is 4.79 Å². The molecule has 0 radical (unpaired) electrons. The van der Waals surface area contributed by atoms with E-state index in [0.29, 0.717) is 6.04 Å². The minimum atomic E-state index is -0.0657. The lowest BCUT2D eigenvalue weighted by Gasteiger charge is -2.49. The van der Waals surface area contributed by atoms with Crippen LogP contribution in [0.2, 0.25) is 0 Å². The fourth-order valence-electron chi connectivity index (χ4n) is 4.85. The van der Waals surface area contributed by atoms with E-state index in [1.165, 1.54) is 11.3 Å². The number of nitrogens with zero attached hydrogens (tertiary/aromatic N) is 2. The van der Waals surface area contributed by atoms with E-state index in [1.54, 1.807) is 14.2 Å². The molecule has 1 saturated heterocycles. The van der Waals surface area contributed by atoms with Crippen LogP contribution in [0, 0.1) is 5.92 Å². The van der Waals surface area contributed by atoms with Gasteiger partial charge in [0.1, 0.15) is 11.5 Å². The summed E-state index contributed by atoms with van der Waals surface area (Å²) in [4.78, 5) is 18.0. The second kappa shape index (κ2) is 7.74. The molecule has 2 atom stereocenters. The average molecular weight is 408 g/mol. The minimum absolute atomic E-state index is 0.0657. The zero-order chi connectivity index (χ0) is 20.7. The van der Waals surface area contributed by atoms with Gasteiger partial charge in [0, 0.05) is 37.4 Å². The van der Waals surface area contributed by atoms with Gasteiger partial charge >= 0.3 is 0 Å². The Labute approximate surface area is 177 Å². The van der Waals surface area contributed by atoms with Crippen LogP contribution >= 0.6 is 0 Å². The van der Waals surface area contributed by atoms with Crippen molar-refractivity contribution >= 4 is 17.3 Å². The molecule has 2 heterocycles. The molecule has 0 unspecified atom stereocenters. The highest BCUT2D eigenvalue weighted by molar-refractivity contribution is 5.83. The number of para-hydroxylation sites is 2. The van der Waals surface area contributed by atoms with Crippen LogP contribution in [-0.4, -0.2) is 51.8 Å². The molecule has 6 heteroatoms. The van der Waals surface area contributed by atoms with Gasteiger partial charge in [-0.05, 0) is 43.0 Å². The summed E-state index contributed by atoms with van der Waals surface area (Å²) in [6.07, 6.45) is 2.97. The van der Waals surface area contributed by atoms with Gasteiger partial charge in [0.2, 0.25) is 5.91 Å². The summed E-state index contributed by atoms with van der Waals surface area (Å²) in [6, 6.07) is 14.9. The van der Waals surface area contributed by atoms with Gasteiger partial charge in [-0.1, -0.05) is 18.2 Å². The van der Waals surface area contributed by atoms with Gasteiger partial charge in [-0.2, -0.15) is 0 Å². The van der Waals surface area contributed by atoms with E-state index < -0.39 is 0 Å². The Morgan fingerprint density at radius 1 is 1.03 bits per heavy atom. The van der Waals surface area contributed by atoms with Gasteiger partial charge in [0.15, 0.2) is 0 Å². The topological polar surface area (TPSA) is 54.0 Å². The summed E-state index contributed by atoms with van der Waals surface area (Å²) in [5, 5.41) is 3.25. The van der Waals surface area contributed by atoms with E-state index in [9.17, 15) is 4.79 Å². The number of methoxy groups -OCH3 is 2. The number of carbonyl (C=O) groups excluding carboxylic acids is 1. The van der Waals surface area contributed by atoms with Crippen molar-refractivity contribution in [1.29, 1.82) is 0 Å². The Kier molecular flexibility index (Phi) is 4.93. The van der Waals surface area contributed by atoms with Crippen molar-refractivity contribution in [2.75, 3.05) is 43.7 Å². The molecule has 1 amide bonds. The summed E-state index contributed by atoms with van der Waals surface area (Å²) in [7, 11) is 3.41. The number of amides is 1. The maximum atomic E-state index is 13.2. The van der Waals surface area contributed by atoms with Crippen LogP contribution in [0.3, 0.4) is 0 Å². The third-order valence-electron chi connectivity index (χ3n) is 6.61. The highest BCUT2D eigenvalue weighted by Gasteiger charge is 2.43. The van der Waals surface area contributed by atoms with Crippen molar-refractivity contribution < 1.29 is 14.3 Å². The monoisotopic (exact) mass is 407 g/mol. The number of rotatable bonds is 5. The van der Waals surface area contributed by atoms with Crippen molar-refractivity contribution in [3.8, 4) is 11.5 Å². The van der Waals surface area contributed by atoms with Crippen molar-refractivity contribution in [2.24, 2.45) is 5.92 Å². The smallest absolute Gasteiger partial charge is 0.225 e. The fraction of sp³-hybridized carbons (Fsp3) is 0.458. The number of fused-ring (bicyclic) bond motifs is 3. The average Bonchev–Trinajstić information content (AvgIpc) is 3.61. The van der Waals surface area contributed by atoms with E-state index in [2.05, 4.69) is 33.3 Å². The van der Waals surface area contributed by atoms with Crippen LogP contribution in [-0.2, 0) is 11.2 Å². The molecule has 1 N–H and O–H groups in total. The van der Waals surface area contributed by atoms with Gasteiger partial charge in [0.05, 0.1) is 31.9 Å². The summed E-state index contributed by atoms with van der Waals surface area (Å²) in [5.74, 6) is 1.86. The molecule has 6 nitrogen and oxygen atoms in total. The van der Waals surface area contributed by atoms with Gasteiger partial charge < -0.3 is 24.6 Å². The molecule has 158 valence electrons. The summed E-state index contributed by atoms with van der Waals surface area (Å²) >= 11 is 0. The van der Waals surface area contributed by atoms with Crippen LogP contribution in [0.4, 0.5) is 11.4 Å². The molecule has 2 aromatic carbocycles. The van der Waals surface area contributed by atoms with Gasteiger partial charge in [-0.15, -0.1) is 0 Å². The van der Waals surface area contributed by atoms with Crippen molar-refractivity contribution in [3.05, 3.63) is 48.0 Å². The first-order valence-corrected chi connectivity index (χ1v) is 10.8. The molecule has 2 aromatic rings. The van der Waals surface area contributed by atoms with E-state index >= 15 is 0 Å². The number of hydrogen-bond donors (Lipinski definition) is 1. The molecule has 3 aliphatic rings. The Bertz CT molecular complexity index is 943. The number of nitrogens with one attached hydrogen (secondary N) is 1. The molecule has 0 bridgehead atoms. The molecule has 2 fully saturated rings. The summed E-state index contributed by atoms with van der Waals surface area (Å²) in [6.45, 7) is 2.53. The normalized spacial score (nSPS) is 22.7. The zero-order valence-corrected chi connectivity index (χ0v) is 17.6. The molecule has 2 aliphatic heterocycles. The summed E-state index contributed by atoms with van der Waals surface area (Å²) < 4.78 is 11.1. The van der Waals surface area contributed by atoms with Crippen LogP contribution in [0.15, 0.2) is 42.5 Å². The van der Waals surface area contributed by atoms with E-state index in [0.717, 1.165) is 56.1 Å². The highest BCUT2D eigenvalue weighted by Crippen LogP contribution is 2.40. The fourth-order valence-corrected chi connectivity index (χ4v) is 4.85. The molecular weight excluding hydrogens is 378 g/mol. The maximum absolute atomic E-state index is 13.2. The van der Waals surface area contributed by atoms with E-state index in [4.69, 9.17) is 9.47 Å². The van der Waals surface area contributed by atoms with Crippen LogP contribution in [0.25, 0.3) is 0 Å². The van der Waals surface area contributed by atoms with Crippen molar-refractivity contribution in [2.45, 2.75) is 31.3 Å². The molecule has 0 spiro atoms. The predicted octanol–water partition coefficient (Wildman–Crippen LogP) is 2.85. The Balaban J connectivity index is 1.48. The Morgan fingerprint density at radius 2 is 1.87 bits per heavy atom. The Hall–Kier alpha value is -2.89. The first kappa shape index (κ1) is 19.1. The minimum Gasteiger partial charge on any atom is -0.497 e. The molecule has 1 aliphatic carbocycles. The zero-order valence-electron chi connectivity index (χ0n) is 17.6. The number of hydrogen-bond acceptors (Lipinski definition) is 5. The molecule has 0 aromatic heterocycles. The van der Waals surface area contributed by atoms with Crippen LogP contribution in [0.1, 0.15) is 18.4 Å². The van der Waals surface area contributed by atoms with Crippen molar-refractivity contribution in [3.63, 3.8) is 0 Å². The molecular formula is C24H29N3O3. The molecule has 1 saturated carbocycles. The van der Waals surface area contributed by atoms with E-state index in [1.807, 2.05) is 24.3 Å². The van der Waals surface area contributed by atoms with E-state index in [-0.39, 0.29) is 17.9 Å². The lowest BCUT2D eigenvalue weighted by molar-refractivity contribution is -0.126. The van der Waals surface area contributed by atoms with Gasteiger partial charge in [0.25, 0.3) is 0 Å².